The molecule has 0 saturated heterocycles. The van der Waals surface area contributed by atoms with Crippen molar-refractivity contribution in [3.63, 3.8) is 0 Å². The highest BCUT2D eigenvalue weighted by molar-refractivity contribution is 6.30. The average molecular weight is 327 g/mol. The molecule has 0 aliphatic heterocycles. The van der Waals surface area contributed by atoms with E-state index in [0.29, 0.717) is 10.6 Å². The summed E-state index contributed by atoms with van der Waals surface area (Å²) in [5.74, 6) is -3.57. The molecule has 0 fully saturated rings. The van der Waals surface area contributed by atoms with Crippen LogP contribution >= 0.6 is 24.0 Å². The Bertz CT molecular complexity index is 450. The second-order valence-electron chi connectivity index (χ2n) is 4.87. The molecule has 0 saturated carbocycles. The number of carbonyl (C=O) groups excluding carboxylic acids is 1. The number of nitrogens with two attached hydrogens (primary N) is 1. The molecule has 0 bridgehead atoms. The van der Waals surface area contributed by atoms with Crippen LogP contribution in [0.2, 0.25) is 5.02 Å². The van der Waals surface area contributed by atoms with Gasteiger partial charge in [0.25, 0.3) is 5.92 Å². The molecule has 0 radical (unpaired) electrons. The first-order chi connectivity index (χ1) is 8.69. The summed E-state index contributed by atoms with van der Waals surface area (Å²) >= 11 is 5.77. The summed E-state index contributed by atoms with van der Waals surface area (Å²) in [5.41, 5.74) is 4.69. The first kappa shape index (κ1) is 19.1. The summed E-state index contributed by atoms with van der Waals surface area (Å²) in [6, 6.07) is 6.70. The number of amides is 1. The van der Waals surface area contributed by atoms with E-state index < -0.39 is 30.3 Å². The lowest BCUT2D eigenvalue weighted by Crippen LogP contribution is -2.47. The van der Waals surface area contributed by atoms with Crippen LogP contribution in [0.4, 0.5) is 8.78 Å². The third kappa shape index (κ3) is 4.89. The lowest BCUT2D eigenvalue weighted by atomic mass is 9.83. The molecule has 3 nitrogen and oxygen atoms in total. The van der Waals surface area contributed by atoms with Crippen molar-refractivity contribution in [2.45, 2.75) is 25.2 Å². The van der Waals surface area contributed by atoms with Gasteiger partial charge in [0.05, 0.1) is 18.5 Å². The minimum atomic E-state index is -3.09. The van der Waals surface area contributed by atoms with Crippen molar-refractivity contribution in [1.82, 2.24) is 5.32 Å². The van der Waals surface area contributed by atoms with Crippen molar-refractivity contribution in [1.29, 1.82) is 0 Å². The van der Waals surface area contributed by atoms with Gasteiger partial charge in [-0.15, -0.1) is 12.4 Å². The lowest BCUT2D eigenvalue weighted by molar-refractivity contribution is -0.127. The summed E-state index contributed by atoms with van der Waals surface area (Å²) in [6.07, 6.45) is 0. The zero-order valence-electron chi connectivity index (χ0n) is 11.3. The molecular weight excluding hydrogens is 309 g/mol. The Morgan fingerprint density at radius 3 is 2.25 bits per heavy atom. The van der Waals surface area contributed by atoms with Crippen molar-refractivity contribution in [3.05, 3.63) is 34.9 Å². The second kappa shape index (κ2) is 7.20. The Morgan fingerprint density at radius 1 is 1.30 bits per heavy atom. The Kier molecular flexibility index (Phi) is 6.87. The van der Waals surface area contributed by atoms with E-state index in [2.05, 4.69) is 5.32 Å². The highest BCUT2D eigenvalue weighted by Crippen LogP contribution is 2.25. The van der Waals surface area contributed by atoms with Gasteiger partial charge in [-0.05, 0) is 31.5 Å². The molecule has 0 aliphatic carbocycles. The molecule has 3 N–H and O–H groups in total. The van der Waals surface area contributed by atoms with Crippen LogP contribution in [0.3, 0.4) is 0 Å². The van der Waals surface area contributed by atoms with Crippen molar-refractivity contribution in [3.8, 4) is 0 Å². The van der Waals surface area contributed by atoms with E-state index in [1.807, 2.05) is 0 Å². The van der Waals surface area contributed by atoms with Gasteiger partial charge in [-0.25, -0.2) is 8.78 Å². The molecule has 0 unspecified atom stereocenters. The predicted octanol–water partition coefficient (Wildman–Crippen LogP) is 2.75. The smallest absolute Gasteiger partial charge is 0.277 e. The normalized spacial score (nSPS) is 11.7. The molecule has 1 amide bonds. The molecular formula is C13H18Cl2F2N2O. The zero-order chi connectivity index (χ0) is 14.7. The predicted molar refractivity (Wildman–Crippen MR) is 78.7 cm³/mol. The molecule has 0 aliphatic rings. The van der Waals surface area contributed by atoms with Gasteiger partial charge < -0.3 is 11.1 Å². The van der Waals surface area contributed by atoms with E-state index in [4.69, 9.17) is 17.3 Å². The van der Waals surface area contributed by atoms with Crippen LogP contribution in [-0.4, -0.2) is 24.9 Å². The van der Waals surface area contributed by atoms with Crippen LogP contribution in [0.25, 0.3) is 0 Å². The fourth-order valence-corrected chi connectivity index (χ4v) is 1.63. The van der Waals surface area contributed by atoms with E-state index in [-0.39, 0.29) is 12.4 Å². The SMILES string of the molecule is CC(C)(C(=O)NCC(F)(F)CN)c1ccc(Cl)cc1.Cl. The summed E-state index contributed by atoms with van der Waals surface area (Å²) in [4.78, 5) is 12.0. The number of hydrogen-bond acceptors (Lipinski definition) is 2. The van der Waals surface area contributed by atoms with Crippen LogP contribution in [0, 0.1) is 0 Å². The Balaban J connectivity index is 0.00000361. The molecule has 1 aromatic carbocycles. The molecule has 0 spiro atoms. The van der Waals surface area contributed by atoms with Gasteiger partial charge in [0.15, 0.2) is 0 Å². The summed E-state index contributed by atoms with van der Waals surface area (Å²) in [5, 5.41) is 2.78. The maximum atomic E-state index is 13.0. The maximum absolute atomic E-state index is 13.0. The van der Waals surface area contributed by atoms with Crippen molar-refractivity contribution < 1.29 is 13.6 Å². The van der Waals surface area contributed by atoms with Gasteiger partial charge >= 0.3 is 0 Å². The van der Waals surface area contributed by atoms with E-state index >= 15 is 0 Å². The van der Waals surface area contributed by atoms with Crippen LogP contribution in [0.15, 0.2) is 24.3 Å². The van der Waals surface area contributed by atoms with Crippen LogP contribution in [0.1, 0.15) is 19.4 Å². The Hall–Kier alpha value is -0.910. The summed E-state index contributed by atoms with van der Waals surface area (Å²) in [7, 11) is 0. The number of carbonyl (C=O) groups is 1. The van der Waals surface area contributed by atoms with Crippen molar-refractivity contribution >= 4 is 29.9 Å². The van der Waals surface area contributed by atoms with Gasteiger partial charge in [-0.3, -0.25) is 4.79 Å². The second-order valence-corrected chi connectivity index (χ2v) is 5.31. The molecule has 7 heteroatoms. The number of nitrogens with one attached hydrogen (secondary N) is 1. The molecule has 114 valence electrons. The molecule has 1 rings (SSSR count). The topological polar surface area (TPSA) is 55.1 Å². The molecule has 0 aromatic heterocycles. The zero-order valence-corrected chi connectivity index (χ0v) is 12.8. The quantitative estimate of drug-likeness (QED) is 0.874. The van der Waals surface area contributed by atoms with Crippen molar-refractivity contribution in [2.75, 3.05) is 13.1 Å². The van der Waals surface area contributed by atoms with E-state index in [9.17, 15) is 13.6 Å². The van der Waals surface area contributed by atoms with Gasteiger partial charge in [-0.2, -0.15) is 0 Å². The van der Waals surface area contributed by atoms with Crippen LogP contribution in [0.5, 0.6) is 0 Å². The number of rotatable bonds is 5. The lowest BCUT2D eigenvalue weighted by Gasteiger charge is -2.25. The van der Waals surface area contributed by atoms with Gasteiger partial charge in [-0.1, -0.05) is 23.7 Å². The fourth-order valence-electron chi connectivity index (χ4n) is 1.50. The summed E-state index contributed by atoms with van der Waals surface area (Å²) < 4.78 is 26.0. The number of alkyl halides is 2. The summed E-state index contributed by atoms with van der Waals surface area (Å²) in [6.45, 7) is 1.76. The van der Waals surface area contributed by atoms with Crippen LogP contribution < -0.4 is 11.1 Å². The van der Waals surface area contributed by atoms with E-state index in [0.717, 1.165) is 0 Å². The average Bonchev–Trinajstić information content (AvgIpc) is 2.36. The van der Waals surface area contributed by atoms with Gasteiger partial charge in [0.2, 0.25) is 5.91 Å². The molecule has 1 aromatic rings. The van der Waals surface area contributed by atoms with Gasteiger partial charge in [0.1, 0.15) is 0 Å². The first-order valence-electron chi connectivity index (χ1n) is 5.81. The van der Waals surface area contributed by atoms with Crippen molar-refractivity contribution in [2.24, 2.45) is 5.73 Å². The van der Waals surface area contributed by atoms with Gasteiger partial charge in [0, 0.05) is 5.02 Å². The number of hydrogen-bond donors (Lipinski definition) is 2. The molecule has 20 heavy (non-hydrogen) atoms. The largest absolute Gasteiger partial charge is 0.349 e. The maximum Gasteiger partial charge on any atom is 0.277 e. The van der Waals surface area contributed by atoms with Crippen LogP contribution in [-0.2, 0) is 10.2 Å². The highest BCUT2D eigenvalue weighted by atomic mass is 35.5. The minimum Gasteiger partial charge on any atom is -0.349 e. The molecule has 0 heterocycles. The number of halogens is 4. The Labute approximate surface area is 128 Å². The standard InChI is InChI=1S/C13H17ClF2N2O.ClH/c1-12(2,9-3-5-10(14)6-4-9)11(19)18-8-13(15,16)7-17;/h3-6H,7-8,17H2,1-2H3,(H,18,19);1H. The molecule has 0 atom stereocenters. The fraction of sp³-hybridized carbons (Fsp3) is 0.462. The highest BCUT2D eigenvalue weighted by Gasteiger charge is 2.33. The Morgan fingerprint density at radius 2 is 1.80 bits per heavy atom. The minimum absolute atomic E-state index is 0. The monoisotopic (exact) mass is 326 g/mol. The van der Waals surface area contributed by atoms with E-state index in [1.54, 1.807) is 38.1 Å². The number of benzene rings is 1. The third-order valence-electron chi connectivity index (χ3n) is 2.94. The van der Waals surface area contributed by atoms with E-state index in [1.165, 1.54) is 0 Å². The third-order valence-corrected chi connectivity index (χ3v) is 3.19. The first-order valence-corrected chi connectivity index (χ1v) is 6.19.